The fraction of sp³-hybridized carbons (Fsp3) is 0.0833. The topological polar surface area (TPSA) is 78.9 Å². The molecule has 1 aromatic carbocycles. The molecular formula is C12H13N5. The molecular weight excluding hydrogens is 214 g/mol. The molecule has 0 amide bonds. The molecule has 1 aromatic heterocycles. The lowest BCUT2D eigenvalue weighted by Gasteiger charge is -2.19. The molecule has 0 unspecified atom stereocenters. The standard InChI is InChI=1S/C12H13N5/c1-17(12-15-7-4-8-16-12)10-6-3-2-5-9(10)11(13)14/h2-8H,1H3,(H3,13,14). The monoisotopic (exact) mass is 227 g/mol. The summed E-state index contributed by atoms with van der Waals surface area (Å²) in [7, 11) is 1.84. The van der Waals surface area contributed by atoms with Gasteiger partial charge in [-0.25, -0.2) is 9.97 Å². The molecule has 0 aliphatic rings. The molecule has 86 valence electrons. The number of amidine groups is 1. The third-order valence-electron chi connectivity index (χ3n) is 2.41. The largest absolute Gasteiger partial charge is 0.384 e. The zero-order valence-electron chi connectivity index (χ0n) is 9.46. The van der Waals surface area contributed by atoms with Crippen molar-refractivity contribution in [3.05, 3.63) is 48.3 Å². The van der Waals surface area contributed by atoms with Crippen molar-refractivity contribution >= 4 is 17.5 Å². The van der Waals surface area contributed by atoms with Gasteiger partial charge in [-0.2, -0.15) is 0 Å². The second-order valence-electron chi connectivity index (χ2n) is 3.54. The zero-order chi connectivity index (χ0) is 12.3. The first-order chi connectivity index (χ1) is 8.20. The van der Waals surface area contributed by atoms with Crippen LogP contribution in [0.15, 0.2) is 42.7 Å². The van der Waals surface area contributed by atoms with Gasteiger partial charge in [-0.3, -0.25) is 5.41 Å². The maximum Gasteiger partial charge on any atom is 0.229 e. The fourth-order valence-corrected chi connectivity index (χ4v) is 1.57. The van der Waals surface area contributed by atoms with E-state index in [1.165, 1.54) is 0 Å². The van der Waals surface area contributed by atoms with Gasteiger partial charge in [0.05, 0.1) is 5.69 Å². The fourth-order valence-electron chi connectivity index (χ4n) is 1.57. The molecule has 5 heteroatoms. The molecule has 0 saturated carbocycles. The van der Waals surface area contributed by atoms with Gasteiger partial charge in [-0.05, 0) is 18.2 Å². The Balaban J connectivity index is 2.44. The van der Waals surface area contributed by atoms with Crippen molar-refractivity contribution in [2.75, 3.05) is 11.9 Å². The summed E-state index contributed by atoms with van der Waals surface area (Å²) in [4.78, 5) is 10.1. The molecule has 3 N–H and O–H groups in total. The number of benzene rings is 1. The maximum atomic E-state index is 7.54. The summed E-state index contributed by atoms with van der Waals surface area (Å²) < 4.78 is 0. The van der Waals surface area contributed by atoms with Crippen molar-refractivity contribution in [2.45, 2.75) is 0 Å². The number of rotatable bonds is 3. The number of hydrogen-bond acceptors (Lipinski definition) is 4. The second kappa shape index (κ2) is 4.61. The zero-order valence-corrected chi connectivity index (χ0v) is 9.46. The average molecular weight is 227 g/mol. The number of nitrogens with zero attached hydrogens (tertiary/aromatic N) is 3. The molecule has 0 spiro atoms. The van der Waals surface area contributed by atoms with Crippen LogP contribution in [0.25, 0.3) is 0 Å². The van der Waals surface area contributed by atoms with E-state index in [9.17, 15) is 0 Å². The summed E-state index contributed by atoms with van der Waals surface area (Å²) >= 11 is 0. The number of anilines is 2. The van der Waals surface area contributed by atoms with Gasteiger partial charge < -0.3 is 10.6 Å². The van der Waals surface area contributed by atoms with Gasteiger partial charge >= 0.3 is 0 Å². The highest BCUT2D eigenvalue weighted by molar-refractivity contribution is 6.00. The third-order valence-corrected chi connectivity index (χ3v) is 2.41. The van der Waals surface area contributed by atoms with Gasteiger partial charge in [0.1, 0.15) is 5.84 Å². The Morgan fingerprint density at radius 2 is 1.82 bits per heavy atom. The normalized spacial score (nSPS) is 9.94. The first kappa shape index (κ1) is 11.1. The number of nitrogen functional groups attached to an aromatic ring is 1. The molecule has 0 saturated heterocycles. The number of hydrogen-bond donors (Lipinski definition) is 2. The van der Waals surface area contributed by atoms with Gasteiger partial charge in [0.15, 0.2) is 0 Å². The Bertz CT molecular complexity index is 523. The Hall–Kier alpha value is -2.43. The predicted octanol–water partition coefficient (Wildman–Crippen LogP) is 1.53. The first-order valence-electron chi connectivity index (χ1n) is 5.14. The minimum Gasteiger partial charge on any atom is -0.384 e. The number of para-hydroxylation sites is 1. The van der Waals surface area contributed by atoms with Crippen LogP contribution < -0.4 is 10.6 Å². The molecule has 5 nitrogen and oxygen atoms in total. The minimum absolute atomic E-state index is 0.0309. The van der Waals surface area contributed by atoms with Crippen molar-refractivity contribution in [3.63, 3.8) is 0 Å². The van der Waals surface area contributed by atoms with Gasteiger partial charge in [0.25, 0.3) is 0 Å². The van der Waals surface area contributed by atoms with Crippen LogP contribution in [0.2, 0.25) is 0 Å². The highest BCUT2D eigenvalue weighted by Gasteiger charge is 2.11. The van der Waals surface area contributed by atoms with E-state index < -0.39 is 0 Å². The van der Waals surface area contributed by atoms with E-state index in [1.54, 1.807) is 29.4 Å². The summed E-state index contributed by atoms with van der Waals surface area (Å²) in [5, 5.41) is 7.54. The Kier molecular flexibility index (Phi) is 3.00. The number of aromatic nitrogens is 2. The SMILES string of the molecule is CN(c1ncccn1)c1ccccc1C(=N)N. The molecule has 0 bridgehead atoms. The summed E-state index contributed by atoms with van der Waals surface area (Å²) in [5.74, 6) is 0.601. The molecule has 2 aromatic rings. The van der Waals surface area contributed by atoms with Crippen molar-refractivity contribution < 1.29 is 0 Å². The average Bonchev–Trinajstić information content (AvgIpc) is 2.39. The maximum absolute atomic E-state index is 7.54. The van der Waals surface area contributed by atoms with Crippen LogP contribution >= 0.6 is 0 Å². The van der Waals surface area contributed by atoms with Crippen molar-refractivity contribution in [2.24, 2.45) is 5.73 Å². The Labute approximate surface area is 99.4 Å². The van der Waals surface area contributed by atoms with Crippen LogP contribution in [0.4, 0.5) is 11.6 Å². The van der Waals surface area contributed by atoms with Crippen molar-refractivity contribution in [1.82, 2.24) is 9.97 Å². The summed E-state index contributed by atoms with van der Waals surface area (Å²) in [6.45, 7) is 0. The summed E-state index contributed by atoms with van der Waals surface area (Å²) in [6, 6.07) is 9.18. The summed E-state index contributed by atoms with van der Waals surface area (Å²) in [6.07, 6.45) is 3.35. The van der Waals surface area contributed by atoms with Crippen LogP contribution in [-0.2, 0) is 0 Å². The van der Waals surface area contributed by atoms with E-state index in [0.29, 0.717) is 11.5 Å². The lowest BCUT2D eigenvalue weighted by atomic mass is 10.1. The minimum atomic E-state index is 0.0309. The molecule has 2 rings (SSSR count). The van der Waals surface area contributed by atoms with E-state index >= 15 is 0 Å². The quantitative estimate of drug-likeness (QED) is 0.615. The molecule has 0 fully saturated rings. The van der Waals surface area contributed by atoms with Crippen LogP contribution in [0, 0.1) is 5.41 Å². The molecule has 1 heterocycles. The summed E-state index contributed by atoms with van der Waals surface area (Å²) in [5.41, 5.74) is 7.03. The molecule has 0 atom stereocenters. The van der Waals surface area contributed by atoms with E-state index in [0.717, 1.165) is 5.69 Å². The van der Waals surface area contributed by atoms with Crippen molar-refractivity contribution in [3.8, 4) is 0 Å². The first-order valence-corrected chi connectivity index (χ1v) is 5.14. The highest BCUT2D eigenvalue weighted by atomic mass is 15.2. The number of nitrogens with two attached hydrogens (primary N) is 1. The number of nitrogens with one attached hydrogen (secondary N) is 1. The van der Waals surface area contributed by atoms with Crippen LogP contribution in [0.5, 0.6) is 0 Å². The molecule has 0 radical (unpaired) electrons. The molecule has 0 aliphatic heterocycles. The molecule has 17 heavy (non-hydrogen) atoms. The third kappa shape index (κ3) is 2.23. The van der Waals surface area contributed by atoms with E-state index in [-0.39, 0.29) is 5.84 Å². The lowest BCUT2D eigenvalue weighted by Crippen LogP contribution is -2.19. The van der Waals surface area contributed by atoms with Gasteiger partial charge in [-0.15, -0.1) is 0 Å². The van der Waals surface area contributed by atoms with Gasteiger partial charge in [-0.1, -0.05) is 12.1 Å². The van der Waals surface area contributed by atoms with E-state index in [2.05, 4.69) is 9.97 Å². The predicted molar refractivity (Wildman–Crippen MR) is 67.6 cm³/mol. The lowest BCUT2D eigenvalue weighted by molar-refractivity contribution is 1.04. The highest BCUT2D eigenvalue weighted by Crippen LogP contribution is 2.23. The van der Waals surface area contributed by atoms with E-state index in [4.69, 9.17) is 11.1 Å². The molecule has 0 aliphatic carbocycles. The van der Waals surface area contributed by atoms with Crippen LogP contribution in [0.3, 0.4) is 0 Å². The second-order valence-corrected chi connectivity index (χ2v) is 3.54. The van der Waals surface area contributed by atoms with E-state index in [1.807, 2.05) is 25.2 Å². The van der Waals surface area contributed by atoms with Gasteiger partial charge in [0, 0.05) is 25.0 Å². The van der Waals surface area contributed by atoms with Crippen molar-refractivity contribution in [1.29, 1.82) is 5.41 Å². The smallest absolute Gasteiger partial charge is 0.229 e. The van der Waals surface area contributed by atoms with Gasteiger partial charge in [0.2, 0.25) is 5.95 Å². The van der Waals surface area contributed by atoms with Crippen LogP contribution in [-0.4, -0.2) is 22.9 Å². The Morgan fingerprint density at radius 1 is 1.18 bits per heavy atom. The van der Waals surface area contributed by atoms with Crippen LogP contribution in [0.1, 0.15) is 5.56 Å². The Morgan fingerprint density at radius 3 is 2.47 bits per heavy atom.